The van der Waals surface area contributed by atoms with Crippen molar-refractivity contribution in [2.75, 3.05) is 19.7 Å². The maximum absolute atomic E-state index is 12.5. The fourth-order valence-corrected chi connectivity index (χ4v) is 1.95. The van der Waals surface area contributed by atoms with Crippen LogP contribution >= 0.6 is 0 Å². The zero-order chi connectivity index (χ0) is 15.5. The number of ether oxygens (including phenoxy) is 2. The van der Waals surface area contributed by atoms with Crippen LogP contribution < -0.4 is 9.47 Å². The van der Waals surface area contributed by atoms with Crippen molar-refractivity contribution < 1.29 is 27.4 Å². The van der Waals surface area contributed by atoms with Gasteiger partial charge in [0.15, 0.2) is 11.5 Å². The van der Waals surface area contributed by atoms with Crippen LogP contribution in [0, 0.1) is 0 Å². The molecular formula is C14H14F3NO3. The van der Waals surface area contributed by atoms with Crippen LogP contribution in [0.25, 0.3) is 0 Å². The molecule has 0 N–H and O–H groups in total. The molecule has 1 aromatic rings. The van der Waals surface area contributed by atoms with Crippen LogP contribution in [0.4, 0.5) is 13.2 Å². The number of carbonyl (C=O) groups is 1. The van der Waals surface area contributed by atoms with Gasteiger partial charge in [0.05, 0.1) is 0 Å². The van der Waals surface area contributed by atoms with Gasteiger partial charge in [-0.05, 0) is 12.1 Å². The number of hydrogen-bond donors (Lipinski definition) is 0. The van der Waals surface area contributed by atoms with E-state index < -0.39 is 24.7 Å². The molecule has 0 aromatic heterocycles. The van der Waals surface area contributed by atoms with Gasteiger partial charge in [0.1, 0.15) is 13.2 Å². The number of hydrogen-bond acceptors (Lipinski definition) is 3. The highest BCUT2D eigenvalue weighted by molar-refractivity contribution is 5.82. The van der Waals surface area contributed by atoms with Gasteiger partial charge in [-0.2, -0.15) is 13.2 Å². The number of rotatable bonds is 4. The molecule has 2 rings (SSSR count). The molecular weight excluding hydrogens is 287 g/mol. The Morgan fingerprint density at radius 2 is 2.05 bits per heavy atom. The van der Waals surface area contributed by atoms with Crippen molar-refractivity contribution in [3.8, 4) is 11.5 Å². The average molecular weight is 301 g/mol. The fraction of sp³-hybridized carbons (Fsp3) is 0.357. The van der Waals surface area contributed by atoms with Crippen molar-refractivity contribution in [2.24, 2.45) is 0 Å². The van der Waals surface area contributed by atoms with E-state index in [1.165, 1.54) is 6.08 Å². The van der Waals surface area contributed by atoms with Gasteiger partial charge in [-0.3, -0.25) is 4.79 Å². The molecule has 0 aliphatic carbocycles. The first-order valence-corrected chi connectivity index (χ1v) is 6.25. The Kier molecular flexibility index (Phi) is 4.40. The summed E-state index contributed by atoms with van der Waals surface area (Å²) in [6, 6.07) is 6.67. The molecule has 1 heterocycles. The van der Waals surface area contributed by atoms with Gasteiger partial charge in [0.2, 0.25) is 6.10 Å². The number of amides is 1. The number of fused-ring (bicyclic) bond motifs is 1. The molecule has 21 heavy (non-hydrogen) atoms. The van der Waals surface area contributed by atoms with Gasteiger partial charge >= 0.3 is 6.18 Å². The summed E-state index contributed by atoms with van der Waals surface area (Å²) in [5, 5.41) is 0. The first kappa shape index (κ1) is 15.2. The smallest absolute Gasteiger partial charge is 0.406 e. The highest BCUT2D eigenvalue weighted by Crippen LogP contribution is 2.31. The first-order chi connectivity index (χ1) is 9.90. The third-order valence-electron chi connectivity index (χ3n) is 2.82. The number of para-hydroxylation sites is 2. The van der Waals surface area contributed by atoms with Crippen molar-refractivity contribution in [3.05, 3.63) is 36.9 Å². The number of nitrogens with zero attached hydrogens (tertiary/aromatic N) is 1. The van der Waals surface area contributed by atoms with E-state index in [4.69, 9.17) is 9.47 Å². The van der Waals surface area contributed by atoms with Crippen LogP contribution in [-0.2, 0) is 4.79 Å². The molecule has 0 unspecified atom stereocenters. The summed E-state index contributed by atoms with van der Waals surface area (Å²) in [6.45, 7) is 1.68. The quantitative estimate of drug-likeness (QED) is 0.802. The maximum atomic E-state index is 12.5. The van der Waals surface area contributed by atoms with E-state index in [2.05, 4.69) is 6.58 Å². The fourth-order valence-electron chi connectivity index (χ4n) is 1.95. The molecule has 1 aliphatic rings. The molecule has 1 aromatic carbocycles. The zero-order valence-corrected chi connectivity index (χ0v) is 11.1. The molecule has 114 valence electrons. The topological polar surface area (TPSA) is 38.8 Å². The van der Waals surface area contributed by atoms with E-state index in [1.54, 1.807) is 24.3 Å². The summed E-state index contributed by atoms with van der Waals surface area (Å²) < 4.78 is 48.2. The summed E-state index contributed by atoms with van der Waals surface area (Å²) in [5.41, 5.74) is 0. The standard InChI is InChI=1S/C14H14F3NO3/c1-2-7-18(9-14(15,16)17)13(19)12-8-20-10-5-3-4-6-11(10)21-12/h2-6,12H,1,7-9H2/t12-/m1/s1. The highest BCUT2D eigenvalue weighted by Gasteiger charge is 2.37. The minimum Gasteiger partial charge on any atom is -0.485 e. The van der Waals surface area contributed by atoms with Gasteiger partial charge in [-0.25, -0.2) is 0 Å². The van der Waals surface area contributed by atoms with E-state index in [-0.39, 0.29) is 13.2 Å². The molecule has 0 fully saturated rings. The third kappa shape index (κ3) is 3.90. The minimum absolute atomic E-state index is 0.124. The molecule has 0 spiro atoms. The second-order valence-electron chi connectivity index (χ2n) is 4.49. The predicted molar refractivity (Wildman–Crippen MR) is 69.2 cm³/mol. The van der Waals surface area contributed by atoms with Crippen molar-refractivity contribution in [2.45, 2.75) is 12.3 Å². The predicted octanol–water partition coefficient (Wildman–Crippen LogP) is 2.40. The number of alkyl halides is 3. The van der Waals surface area contributed by atoms with Gasteiger partial charge in [-0.1, -0.05) is 18.2 Å². The van der Waals surface area contributed by atoms with Crippen LogP contribution in [0.2, 0.25) is 0 Å². The number of carbonyl (C=O) groups excluding carboxylic acids is 1. The lowest BCUT2D eigenvalue weighted by Crippen LogP contribution is -2.49. The number of benzene rings is 1. The van der Waals surface area contributed by atoms with E-state index in [9.17, 15) is 18.0 Å². The monoisotopic (exact) mass is 301 g/mol. The lowest BCUT2D eigenvalue weighted by Gasteiger charge is -2.30. The number of halogens is 3. The van der Waals surface area contributed by atoms with E-state index >= 15 is 0 Å². The summed E-state index contributed by atoms with van der Waals surface area (Å²) >= 11 is 0. The summed E-state index contributed by atoms with van der Waals surface area (Å²) in [5.74, 6) is 0.0297. The normalized spacial score (nSPS) is 17.2. The Morgan fingerprint density at radius 1 is 1.38 bits per heavy atom. The molecule has 1 atom stereocenters. The van der Waals surface area contributed by atoms with Crippen LogP contribution in [0.1, 0.15) is 0 Å². The van der Waals surface area contributed by atoms with Crippen LogP contribution in [-0.4, -0.2) is 42.8 Å². The Hall–Kier alpha value is -2.18. The third-order valence-corrected chi connectivity index (χ3v) is 2.82. The van der Waals surface area contributed by atoms with Gasteiger partial charge < -0.3 is 14.4 Å². The largest absolute Gasteiger partial charge is 0.485 e. The summed E-state index contributed by atoms with van der Waals surface area (Å²) in [6.07, 6.45) is -4.34. The summed E-state index contributed by atoms with van der Waals surface area (Å²) in [7, 11) is 0. The Bertz CT molecular complexity index is 530. The minimum atomic E-state index is -4.48. The van der Waals surface area contributed by atoms with Gasteiger partial charge in [0.25, 0.3) is 5.91 Å². The Balaban J connectivity index is 2.09. The van der Waals surface area contributed by atoms with Crippen LogP contribution in [0.5, 0.6) is 11.5 Å². The Morgan fingerprint density at radius 3 is 2.67 bits per heavy atom. The van der Waals surface area contributed by atoms with Crippen molar-refractivity contribution in [3.63, 3.8) is 0 Å². The lowest BCUT2D eigenvalue weighted by molar-refractivity contribution is -0.165. The van der Waals surface area contributed by atoms with Crippen molar-refractivity contribution in [1.29, 1.82) is 0 Å². The highest BCUT2D eigenvalue weighted by atomic mass is 19.4. The van der Waals surface area contributed by atoms with E-state index in [1.807, 2.05) is 0 Å². The first-order valence-electron chi connectivity index (χ1n) is 6.25. The second kappa shape index (κ2) is 6.07. The molecule has 7 heteroatoms. The molecule has 1 aliphatic heterocycles. The lowest BCUT2D eigenvalue weighted by atomic mass is 10.2. The van der Waals surface area contributed by atoms with Gasteiger partial charge in [0, 0.05) is 6.54 Å². The molecule has 0 saturated heterocycles. The average Bonchev–Trinajstić information content (AvgIpc) is 2.44. The van der Waals surface area contributed by atoms with Crippen LogP contribution in [0.15, 0.2) is 36.9 Å². The Labute approximate surface area is 119 Å². The maximum Gasteiger partial charge on any atom is 0.406 e. The van der Waals surface area contributed by atoms with Crippen LogP contribution in [0.3, 0.4) is 0 Å². The van der Waals surface area contributed by atoms with E-state index in [0.717, 1.165) is 0 Å². The summed E-state index contributed by atoms with van der Waals surface area (Å²) in [4.78, 5) is 12.8. The molecule has 0 radical (unpaired) electrons. The molecule has 0 saturated carbocycles. The SMILES string of the molecule is C=CCN(CC(F)(F)F)C(=O)[C@H]1COc2ccccc2O1. The molecule has 1 amide bonds. The van der Waals surface area contributed by atoms with Crippen molar-refractivity contribution >= 4 is 5.91 Å². The van der Waals surface area contributed by atoms with Crippen molar-refractivity contribution in [1.82, 2.24) is 4.90 Å². The van der Waals surface area contributed by atoms with Gasteiger partial charge in [-0.15, -0.1) is 6.58 Å². The van der Waals surface area contributed by atoms with E-state index in [0.29, 0.717) is 16.4 Å². The molecule has 0 bridgehead atoms. The molecule has 4 nitrogen and oxygen atoms in total. The second-order valence-corrected chi connectivity index (χ2v) is 4.49. The zero-order valence-electron chi connectivity index (χ0n) is 11.1.